The standard InChI is InChI=1S/C17H19NO2S/c1-20-16-5-3-2-4-15(16)17(19)18-9-6-13(7-10-18)14-8-11-21-12-14/h2-5,8,11-13H,6-7,9-10H2,1H3. The van der Waals surface area contributed by atoms with Crippen molar-refractivity contribution >= 4 is 17.2 Å². The number of thiophene rings is 1. The lowest BCUT2D eigenvalue weighted by molar-refractivity contribution is 0.0709. The lowest BCUT2D eigenvalue weighted by Gasteiger charge is -2.32. The smallest absolute Gasteiger partial charge is 0.257 e. The minimum Gasteiger partial charge on any atom is -0.496 e. The second-order valence-corrected chi connectivity index (χ2v) is 6.10. The van der Waals surface area contributed by atoms with Gasteiger partial charge in [0.2, 0.25) is 0 Å². The van der Waals surface area contributed by atoms with Gasteiger partial charge in [-0.05, 0) is 53.3 Å². The van der Waals surface area contributed by atoms with E-state index in [9.17, 15) is 4.79 Å². The summed E-state index contributed by atoms with van der Waals surface area (Å²) in [5.41, 5.74) is 2.08. The predicted molar refractivity (Wildman–Crippen MR) is 85.2 cm³/mol. The maximum atomic E-state index is 12.6. The van der Waals surface area contributed by atoms with Crippen LogP contribution >= 0.6 is 11.3 Å². The maximum Gasteiger partial charge on any atom is 0.257 e. The molecule has 1 aromatic carbocycles. The van der Waals surface area contributed by atoms with E-state index in [4.69, 9.17) is 4.74 Å². The van der Waals surface area contributed by atoms with Crippen LogP contribution in [0.5, 0.6) is 5.75 Å². The van der Waals surface area contributed by atoms with Crippen molar-refractivity contribution in [1.29, 1.82) is 0 Å². The number of amides is 1. The van der Waals surface area contributed by atoms with Crippen LogP contribution in [0.1, 0.15) is 34.7 Å². The number of carbonyl (C=O) groups is 1. The predicted octanol–water partition coefficient (Wildman–Crippen LogP) is 3.78. The zero-order chi connectivity index (χ0) is 14.7. The minimum absolute atomic E-state index is 0.0798. The first-order chi connectivity index (χ1) is 10.3. The molecule has 0 N–H and O–H groups in total. The molecular weight excluding hydrogens is 282 g/mol. The molecule has 0 saturated carbocycles. The molecule has 1 aliphatic heterocycles. The third-order valence-corrected chi connectivity index (χ3v) is 4.84. The van der Waals surface area contributed by atoms with Crippen molar-refractivity contribution in [2.45, 2.75) is 18.8 Å². The van der Waals surface area contributed by atoms with Crippen LogP contribution in [0.3, 0.4) is 0 Å². The fraction of sp³-hybridized carbons (Fsp3) is 0.353. The number of carbonyl (C=O) groups excluding carboxylic acids is 1. The molecule has 1 aliphatic rings. The maximum absolute atomic E-state index is 12.6. The van der Waals surface area contributed by atoms with Crippen molar-refractivity contribution < 1.29 is 9.53 Å². The van der Waals surface area contributed by atoms with Crippen molar-refractivity contribution in [1.82, 2.24) is 4.90 Å². The SMILES string of the molecule is COc1ccccc1C(=O)N1CCC(c2ccsc2)CC1. The number of para-hydroxylation sites is 1. The number of rotatable bonds is 3. The van der Waals surface area contributed by atoms with Crippen LogP contribution in [0, 0.1) is 0 Å². The van der Waals surface area contributed by atoms with Gasteiger partial charge >= 0.3 is 0 Å². The monoisotopic (exact) mass is 301 g/mol. The number of benzene rings is 1. The molecule has 1 saturated heterocycles. The molecule has 0 bridgehead atoms. The van der Waals surface area contributed by atoms with Crippen LogP contribution in [0.2, 0.25) is 0 Å². The lowest BCUT2D eigenvalue weighted by Crippen LogP contribution is -2.38. The summed E-state index contributed by atoms with van der Waals surface area (Å²) in [6.07, 6.45) is 2.08. The summed E-state index contributed by atoms with van der Waals surface area (Å²) in [7, 11) is 1.61. The normalized spacial score (nSPS) is 16.0. The Morgan fingerprint density at radius 1 is 1.24 bits per heavy atom. The number of hydrogen-bond donors (Lipinski definition) is 0. The van der Waals surface area contributed by atoms with Gasteiger partial charge in [0.1, 0.15) is 5.75 Å². The Bertz CT molecular complexity index is 601. The quantitative estimate of drug-likeness (QED) is 0.863. The minimum atomic E-state index is 0.0798. The Hall–Kier alpha value is -1.81. The first-order valence-corrected chi connectivity index (χ1v) is 8.18. The van der Waals surface area contributed by atoms with Crippen LogP contribution in [-0.4, -0.2) is 31.0 Å². The number of methoxy groups -OCH3 is 1. The summed E-state index contributed by atoms with van der Waals surface area (Å²) in [5, 5.41) is 4.35. The van der Waals surface area contributed by atoms with Gasteiger partial charge in [0, 0.05) is 13.1 Å². The Morgan fingerprint density at radius 3 is 2.67 bits per heavy atom. The summed E-state index contributed by atoms with van der Waals surface area (Å²) >= 11 is 1.75. The molecule has 2 aromatic rings. The van der Waals surface area contributed by atoms with Gasteiger partial charge < -0.3 is 9.64 Å². The number of hydrogen-bond acceptors (Lipinski definition) is 3. The fourth-order valence-electron chi connectivity index (χ4n) is 2.91. The van der Waals surface area contributed by atoms with E-state index >= 15 is 0 Å². The van der Waals surface area contributed by atoms with Crippen molar-refractivity contribution in [3.8, 4) is 5.75 Å². The summed E-state index contributed by atoms with van der Waals surface area (Å²) in [5.74, 6) is 1.33. The first kappa shape index (κ1) is 14.1. The Morgan fingerprint density at radius 2 is 2.00 bits per heavy atom. The molecule has 1 amide bonds. The summed E-state index contributed by atoms with van der Waals surface area (Å²) in [4.78, 5) is 14.6. The van der Waals surface area contributed by atoms with Crippen molar-refractivity contribution in [3.63, 3.8) is 0 Å². The second-order valence-electron chi connectivity index (χ2n) is 5.32. The summed E-state index contributed by atoms with van der Waals surface area (Å²) < 4.78 is 5.29. The molecule has 0 aliphatic carbocycles. The second kappa shape index (κ2) is 6.31. The number of nitrogens with zero attached hydrogens (tertiary/aromatic N) is 1. The van der Waals surface area contributed by atoms with Gasteiger partial charge in [0.25, 0.3) is 5.91 Å². The molecule has 3 nitrogen and oxygen atoms in total. The van der Waals surface area contributed by atoms with Gasteiger partial charge in [0.15, 0.2) is 0 Å². The molecule has 0 spiro atoms. The van der Waals surface area contributed by atoms with Crippen LogP contribution in [0.4, 0.5) is 0 Å². The van der Waals surface area contributed by atoms with E-state index in [0.29, 0.717) is 17.2 Å². The molecule has 4 heteroatoms. The molecule has 0 atom stereocenters. The highest BCUT2D eigenvalue weighted by molar-refractivity contribution is 7.07. The van der Waals surface area contributed by atoms with Crippen LogP contribution in [0.25, 0.3) is 0 Å². The molecule has 110 valence electrons. The largest absolute Gasteiger partial charge is 0.496 e. The zero-order valence-corrected chi connectivity index (χ0v) is 12.9. The van der Waals surface area contributed by atoms with E-state index in [1.54, 1.807) is 18.4 Å². The van der Waals surface area contributed by atoms with Gasteiger partial charge in [-0.2, -0.15) is 11.3 Å². The van der Waals surface area contributed by atoms with E-state index in [2.05, 4.69) is 16.8 Å². The van der Waals surface area contributed by atoms with Crippen molar-refractivity contribution in [3.05, 3.63) is 52.2 Å². The Balaban J connectivity index is 1.68. The van der Waals surface area contributed by atoms with Gasteiger partial charge in [0.05, 0.1) is 12.7 Å². The third kappa shape index (κ3) is 2.95. The van der Waals surface area contributed by atoms with Gasteiger partial charge in [-0.1, -0.05) is 12.1 Å². The molecule has 21 heavy (non-hydrogen) atoms. The van der Waals surface area contributed by atoms with E-state index in [1.165, 1.54) is 5.56 Å². The molecule has 3 rings (SSSR count). The molecule has 0 radical (unpaired) electrons. The zero-order valence-electron chi connectivity index (χ0n) is 12.1. The van der Waals surface area contributed by atoms with Crippen LogP contribution < -0.4 is 4.74 Å². The van der Waals surface area contributed by atoms with E-state index in [0.717, 1.165) is 25.9 Å². The Labute approximate surface area is 129 Å². The van der Waals surface area contributed by atoms with E-state index in [1.807, 2.05) is 29.2 Å². The average molecular weight is 301 g/mol. The average Bonchev–Trinajstić information content (AvgIpc) is 3.09. The molecule has 2 heterocycles. The van der Waals surface area contributed by atoms with E-state index < -0.39 is 0 Å². The number of piperidine rings is 1. The van der Waals surface area contributed by atoms with Crippen LogP contribution in [0.15, 0.2) is 41.1 Å². The van der Waals surface area contributed by atoms with Crippen molar-refractivity contribution in [2.75, 3.05) is 20.2 Å². The first-order valence-electron chi connectivity index (χ1n) is 7.24. The molecule has 1 fully saturated rings. The summed E-state index contributed by atoms with van der Waals surface area (Å²) in [6.45, 7) is 1.63. The topological polar surface area (TPSA) is 29.5 Å². The summed E-state index contributed by atoms with van der Waals surface area (Å²) in [6, 6.07) is 9.65. The molecular formula is C17H19NO2S. The highest BCUT2D eigenvalue weighted by Gasteiger charge is 2.26. The van der Waals surface area contributed by atoms with Gasteiger partial charge in [-0.25, -0.2) is 0 Å². The fourth-order valence-corrected chi connectivity index (χ4v) is 3.66. The molecule has 0 unspecified atom stereocenters. The van der Waals surface area contributed by atoms with Gasteiger partial charge in [-0.3, -0.25) is 4.79 Å². The Kier molecular flexibility index (Phi) is 4.25. The number of likely N-dealkylation sites (tertiary alicyclic amines) is 1. The highest BCUT2D eigenvalue weighted by Crippen LogP contribution is 2.30. The van der Waals surface area contributed by atoms with Gasteiger partial charge in [-0.15, -0.1) is 0 Å². The lowest BCUT2D eigenvalue weighted by atomic mass is 9.91. The third-order valence-electron chi connectivity index (χ3n) is 4.13. The molecule has 1 aromatic heterocycles. The van der Waals surface area contributed by atoms with Crippen molar-refractivity contribution in [2.24, 2.45) is 0 Å². The highest BCUT2D eigenvalue weighted by atomic mass is 32.1. The van der Waals surface area contributed by atoms with Crippen LogP contribution in [-0.2, 0) is 0 Å². The van der Waals surface area contributed by atoms with E-state index in [-0.39, 0.29) is 5.91 Å². The number of ether oxygens (including phenoxy) is 1.